The molecular formula is C10H19N5O11P2. The van der Waals surface area contributed by atoms with Gasteiger partial charge in [0.1, 0.15) is 36.9 Å². The molecule has 7 atom stereocenters. The number of nitrogens with two attached hydrogens (primary N) is 1. The molecule has 3 heterocycles. The summed E-state index contributed by atoms with van der Waals surface area (Å²) in [5.74, 6) is 0.134. The molecule has 160 valence electrons. The van der Waals surface area contributed by atoms with Crippen LogP contribution in [0.25, 0.3) is 0 Å². The minimum Gasteiger partial charge on any atom is -0.387 e. The summed E-state index contributed by atoms with van der Waals surface area (Å²) >= 11 is 0. The molecular weight excluding hydrogens is 428 g/mol. The number of aliphatic hydroxyl groups is 3. The van der Waals surface area contributed by atoms with Gasteiger partial charge in [-0.15, -0.1) is 0 Å². The molecule has 18 heteroatoms. The fraction of sp³-hybridized carbons (Fsp3) is 0.800. The van der Waals surface area contributed by atoms with E-state index in [-0.39, 0.29) is 12.5 Å². The van der Waals surface area contributed by atoms with Crippen LogP contribution >= 0.6 is 15.6 Å². The Bertz CT molecular complexity index is 773. The molecule has 2 unspecified atom stereocenters. The monoisotopic (exact) mass is 447 g/mol. The number of hydrogen-bond acceptors (Lipinski definition) is 13. The molecule has 0 aliphatic carbocycles. The Balaban J connectivity index is 1.67. The van der Waals surface area contributed by atoms with Gasteiger partial charge in [-0.25, -0.2) is 14.1 Å². The summed E-state index contributed by atoms with van der Waals surface area (Å²) in [6.45, 7) is -0.891. The fourth-order valence-electron chi connectivity index (χ4n) is 2.86. The average Bonchev–Trinajstić information content (AvgIpc) is 3.06. The highest BCUT2D eigenvalue weighted by Crippen LogP contribution is 2.57. The summed E-state index contributed by atoms with van der Waals surface area (Å²) in [5, 5.41) is 32.5. The minimum absolute atomic E-state index is 0.0574. The zero-order valence-corrected chi connectivity index (χ0v) is 15.7. The van der Waals surface area contributed by atoms with Crippen LogP contribution in [0, 0.1) is 0 Å². The van der Waals surface area contributed by atoms with Gasteiger partial charge in [0.2, 0.25) is 6.35 Å². The van der Waals surface area contributed by atoms with Crippen LogP contribution in [0.15, 0.2) is 9.98 Å². The molecule has 0 spiro atoms. The highest BCUT2D eigenvalue weighted by molar-refractivity contribution is 7.60. The Labute approximate surface area is 157 Å². The number of nitrogens with one attached hydrogen (secondary N) is 1. The summed E-state index contributed by atoms with van der Waals surface area (Å²) < 4.78 is 35.6. The van der Waals surface area contributed by atoms with E-state index in [1.165, 1.54) is 4.90 Å². The first kappa shape index (κ1) is 21.9. The molecule has 0 aromatic carbocycles. The van der Waals surface area contributed by atoms with Crippen molar-refractivity contribution in [1.29, 1.82) is 0 Å². The maximum absolute atomic E-state index is 11.5. The first-order valence-electron chi connectivity index (χ1n) is 7.72. The molecule has 0 radical (unpaired) electrons. The summed E-state index contributed by atoms with van der Waals surface area (Å²) in [6.07, 6.45) is -7.84. The Hall–Kier alpha value is -0.840. The van der Waals surface area contributed by atoms with Crippen molar-refractivity contribution in [1.82, 2.24) is 10.2 Å². The number of fused-ring (bicyclic) bond motifs is 1. The van der Waals surface area contributed by atoms with E-state index in [2.05, 4.69) is 24.1 Å². The maximum Gasteiger partial charge on any atom is 0.481 e. The van der Waals surface area contributed by atoms with E-state index < -0.39 is 59.3 Å². The Morgan fingerprint density at radius 1 is 1.25 bits per heavy atom. The summed E-state index contributed by atoms with van der Waals surface area (Å²) in [6, 6.07) is 0. The lowest BCUT2D eigenvalue weighted by Crippen LogP contribution is -2.58. The second-order valence-corrected chi connectivity index (χ2v) is 8.84. The van der Waals surface area contributed by atoms with Crippen LogP contribution in [0.4, 0.5) is 0 Å². The normalized spacial score (nSPS) is 38.0. The molecule has 0 bridgehead atoms. The molecule has 16 nitrogen and oxygen atoms in total. The first-order chi connectivity index (χ1) is 12.9. The van der Waals surface area contributed by atoms with Gasteiger partial charge < -0.3 is 45.4 Å². The van der Waals surface area contributed by atoms with Gasteiger partial charge >= 0.3 is 15.6 Å². The van der Waals surface area contributed by atoms with Crippen molar-refractivity contribution in [3.05, 3.63) is 0 Å². The van der Waals surface area contributed by atoms with Crippen molar-refractivity contribution in [3.8, 4) is 0 Å². The lowest BCUT2D eigenvalue weighted by Gasteiger charge is -2.31. The number of nitrogens with zero attached hydrogens (tertiary/aromatic N) is 3. The van der Waals surface area contributed by atoms with Crippen molar-refractivity contribution in [2.24, 2.45) is 15.7 Å². The number of aliphatic imine (C=N–C) groups is 2. The second-order valence-electron chi connectivity index (χ2n) is 6.01. The second kappa shape index (κ2) is 7.77. The molecule has 28 heavy (non-hydrogen) atoms. The van der Waals surface area contributed by atoms with E-state index >= 15 is 0 Å². The quantitative estimate of drug-likeness (QED) is 0.180. The van der Waals surface area contributed by atoms with E-state index in [1.807, 2.05) is 0 Å². The largest absolute Gasteiger partial charge is 0.481 e. The fourth-order valence-corrected chi connectivity index (χ4v) is 4.46. The SMILES string of the molecule is NC1N[C@@H](O)N=C2C1=NCN2[C@@H]1O[C@H](COP(=O)(O)OP(=O)(O)O)[C@@H](O)[C@H]1O. The van der Waals surface area contributed by atoms with Crippen LogP contribution in [0.3, 0.4) is 0 Å². The number of rotatable bonds is 6. The molecule has 0 saturated carbocycles. The zero-order chi connectivity index (χ0) is 20.9. The van der Waals surface area contributed by atoms with Crippen molar-refractivity contribution in [3.63, 3.8) is 0 Å². The third-order valence-corrected chi connectivity index (χ3v) is 6.17. The van der Waals surface area contributed by atoms with Crippen LogP contribution in [0.2, 0.25) is 0 Å². The van der Waals surface area contributed by atoms with Crippen LogP contribution in [-0.2, 0) is 22.7 Å². The van der Waals surface area contributed by atoms with Gasteiger partial charge in [-0.3, -0.25) is 14.8 Å². The molecule has 1 fully saturated rings. The van der Waals surface area contributed by atoms with Crippen molar-refractivity contribution in [2.75, 3.05) is 13.3 Å². The predicted molar refractivity (Wildman–Crippen MR) is 88.3 cm³/mol. The van der Waals surface area contributed by atoms with Gasteiger partial charge in [0, 0.05) is 0 Å². The highest BCUT2D eigenvalue weighted by atomic mass is 31.3. The topological polar surface area (TPSA) is 249 Å². The van der Waals surface area contributed by atoms with Crippen molar-refractivity contribution in [2.45, 2.75) is 37.1 Å². The predicted octanol–water partition coefficient (Wildman–Crippen LogP) is -4.06. The molecule has 1 saturated heterocycles. The van der Waals surface area contributed by atoms with E-state index in [0.29, 0.717) is 5.71 Å². The van der Waals surface area contributed by atoms with E-state index in [4.69, 9.17) is 20.3 Å². The summed E-state index contributed by atoms with van der Waals surface area (Å²) in [7, 11) is -10.5. The lowest BCUT2D eigenvalue weighted by molar-refractivity contribution is -0.0686. The Morgan fingerprint density at radius 3 is 2.57 bits per heavy atom. The lowest BCUT2D eigenvalue weighted by atomic mass is 10.1. The van der Waals surface area contributed by atoms with Crippen LogP contribution in [0.1, 0.15) is 0 Å². The van der Waals surface area contributed by atoms with Crippen molar-refractivity contribution >= 4 is 27.2 Å². The number of hydrogen-bond donors (Lipinski definition) is 8. The van der Waals surface area contributed by atoms with Gasteiger partial charge in [-0.05, 0) is 0 Å². The molecule has 3 aliphatic rings. The van der Waals surface area contributed by atoms with E-state index in [0.717, 1.165) is 0 Å². The van der Waals surface area contributed by atoms with Gasteiger partial charge in [-0.2, -0.15) is 4.31 Å². The summed E-state index contributed by atoms with van der Waals surface area (Å²) in [4.78, 5) is 35.8. The van der Waals surface area contributed by atoms with Gasteiger partial charge in [0.25, 0.3) is 0 Å². The number of phosphoric ester groups is 1. The van der Waals surface area contributed by atoms with E-state index in [9.17, 15) is 29.3 Å². The van der Waals surface area contributed by atoms with Crippen LogP contribution < -0.4 is 11.1 Å². The average molecular weight is 447 g/mol. The van der Waals surface area contributed by atoms with Crippen molar-refractivity contribution < 1.29 is 52.7 Å². The first-order valence-corrected chi connectivity index (χ1v) is 10.8. The number of aliphatic hydroxyl groups excluding tert-OH is 3. The molecule has 9 N–H and O–H groups in total. The van der Waals surface area contributed by atoms with Gasteiger partial charge in [-0.1, -0.05) is 0 Å². The zero-order valence-electron chi connectivity index (χ0n) is 13.9. The number of phosphoric acid groups is 2. The molecule has 0 amide bonds. The van der Waals surface area contributed by atoms with Gasteiger partial charge in [0.15, 0.2) is 12.1 Å². The molecule has 0 aromatic rings. The molecule has 3 aliphatic heterocycles. The smallest absolute Gasteiger partial charge is 0.387 e. The van der Waals surface area contributed by atoms with E-state index in [1.54, 1.807) is 0 Å². The molecule has 3 rings (SSSR count). The highest BCUT2D eigenvalue weighted by Gasteiger charge is 2.50. The van der Waals surface area contributed by atoms with Crippen LogP contribution in [-0.4, -0.2) is 96.8 Å². The maximum atomic E-state index is 11.5. The standard InChI is InChI=1S/C10H19N5O11P2/c11-7-4-8(14-10(18)13-7)15(2-12-4)9-6(17)5(16)3(25-9)1-24-28(22,23)26-27(19,20)21/h3,5-7,9-10,13,16-18H,1-2,11H2,(H,22,23)(H2,19,20,21)/t3-,5-,6-,7?,9-,10-/m1/s1. The Kier molecular flexibility index (Phi) is 6.07. The Morgan fingerprint density at radius 2 is 1.93 bits per heavy atom. The summed E-state index contributed by atoms with van der Waals surface area (Å²) in [5.41, 5.74) is 6.08. The van der Waals surface area contributed by atoms with Crippen LogP contribution in [0.5, 0.6) is 0 Å². The number of amidine groups is 1. The molecule has 0 aromatic heterocycles. The minimum atomic E-state index is -5.30. The third-order valence-electron chi connectivity index (χ3n) is 4.02. The number of ether oxygens (including phenoxy) is 1. The van der Waals surface area contributed by atoms with Gasteiger partial charge in [0.05, 0.1) is 6.61 Å². The third kappa shape index (κ3) is 4.66.